The number of hydrogen-bond donors (Lipinski definition) is 1. The number of nitro benzene ring substituents is 1. The van der Waals surface area contributed by atoms with Crippen LogP contribution in [0.2, 0.25) is 0 Å². The molecule has 0 spiro atoms. The molecule has 0 radical (unpaired) electrons. The standard InChI is InChI=1S/C34H39N5O6S/c1-22(2)26-11-7-8-12-29(26)46-30-14-13-25(18-27(30)39(43)44)23(3)32(41)37-16-17-38(33(42)45-34(4,5)6)28(21-37)31(40)36-20-24-10-9-15-35-19-24/h7-15,18-19,22,28H,3,16-17,20-21H2,1-2,4-6H3,(H,36,40). The van der Waals surface area contributed by atoms with Gasteiger partial charge in [-0.3, -0.25) is 29.6 Å². The number of benzene rings is 2. The fraction of sp³-hybridized carbons (Fsp3) is 0.353. The van der Waals surface area contributed by atoms with Crippen LogP contribution >= 0.6 is 11.8 Å². The number of nitro groups is 1. The zero-order valence-corrected chi connectivity index (χ0v) is 27.5. The quantitative estimate of drug-likeness (QED) is 0.169. The van der Waals surface area contributed by atoms with Crippen LogP contribution in [-0.4, -0.2) is 68.9 Å². The molecule has 0 bridgehead atoms. The van der Waals surface area contributed by atoms with E-state index >= 15 is 0 Å². The van der Waals surface area contributed by atoms with Crippen LogP contribution in [0.15, 0.2) is 83.4 Å². The Morgan fingerprint density at radius 3 is 2.50 bits per heavy atom. The minimum Gasteiger partial charge on any atom is -0.444 e. The van der Waals surface area contributed by atoms with E-state index in [1.165, 1.54) is 27.6 Å². The molecule has 0 aliphatic carbocycles. The van der Waals surface area contributed by atoms with Crippen LogP contribution in [0.25, 0.3) is 5.57 Å². The molecule has 1 unspecified atom stereocenters. The van der Waals surface area contributed by atoms with Crippen LogP contribution in [0.5, 0.6) is 0 Å². The first kappa shape index (κ1) is 34.2. The number of carbonyl (C=O) groups excluding carboxylic acids is 3. The molecule has 46 heavy (non-hydrogen) atoms. The van der Waals surface area contributed by atoms with Gasteiger partial charge in [-0.2, -0.15) is 0 Å². The molecule has 242 valence electrons. The van der Waals surface area contributed by atoms with Crippen LogP contribution < -0.4 is 5.32 Å². The molecule has 3 amide bonds. The zero-order valence-electron chi connectivity index (χ0n) is 26.7. The number of amides is 3. The summed E-state index contributed by atoms with van der Waals surface area (Å²) in [6.07, 6.45) is 2.58. The van der Waals surface area contributed by atoms with E-state index in [-0.39, 0.29) is 43.4 Å². The van der Waals surface area contributed by atoms with Crippen molar-refractivity contribution in [3.8, 4) is 0 Å². The molecule has 2 aromatic carbocycles. The van der Waals surface area contributed by atoms with E-state index in [1.807, 2.05) is 30.3 Å². The zero-order chi connectivity index (χ0) is 33.6. The number of ether oxygens (including phenoxy) is 1. The monoisotopic (exact) mass is 645 g/mol. The average molecular weight is 646 g/mol. The second-order valence-electron chi connectivity index (χ2n) is 12.2. The molecule has 1 aromatic heterocycles. The Morgan fingerprint density at radius 2 is 1.85 bits per heavy atom. The first-order valence-corrected chi connectivity index (χ1v) is 15.8. The predicted molar refractivity (Wildman–Crippen MR) is 176 cm³/mol. The van der Waals surface area contributed by atoms with Crippen molar-refractivity contribution in [2.45, 2.75) is 68.5 Å². The van der Waals surface area contributed by atoms with E-state index in [4.69, 9.17) is 4.74 Å². The normalized spacial score (nSPS) is 15.0. The molecule has 1 N–H and O–H groups in total. The van der Waals surface area contributed by atoms with Crippen molar-refractivity contribution in [3.63, 3.8) is 0 Å². The highest BCUT2D eigenvalue weighted by Gasteiger charge is 2.39. The fourth-order valence-corrected chi connectivity index (χ4v) is 6.14. The second kappa shape index (κ2) is 14.6. The van der Waals surface area contributed by atoms with Gasteiger partial charge < -0.3 is 15.0 Å². The molecule has 1 aliphatic rings. The third-order valence-electron chi connectivity index (χ3n) is 7.31. The van der Waals surface area contributed by atoms with Gasteiger partial charge >= 0.3 is 6.09 Å². The molecule has 11 nitrogen and oxygen atoms in total. The Labute approximate surface area is 273 Å². The second-order valence-corrected chi connectivity index (χ2v) is 13.3. The Bertz CT molecular complexity index is 1620. The largest absolute Gasteiger partial charge is 0.444 e. The third-order valence-corrected chi connectivity index (χ3v) is 8.47. The Balaban J connectivity index is 1.54. The van der Waals surface area contributed by atoms with Crippen molar-refractivity contribution in [1.82, 2.24) is 20.1 Å². The van der Waals surface area contributed by atoms with Crippen molar-refractivity contribution in [1.29, 1.82) is 0 Å². The average Bonchev–Trinajstić information content (AvgIpc) is 3.02. The summed E-state index contributed by atoms with van der Waals surface area (Å²) in [5, 5.41) is 15.0. The van der Waals surface area contributed by atoms with Crippen LogP contribution in [-0.2, 0) is 20.9 Å². The van der Waals surface area contributed by atoms with Crippen molar-refractivity contribution < 1.29 is 24.0 Å². The van der Waals surface area contributed by atoms with Crippen LogP contribution in [0.4, 0.5) is 10.5 Å². The van der Waals surface area contributed by atoms with Gasteiger partial charge in [-0.05, 0) is 61.6 Å². The number of carbonyl (C=O) groups is 3. The van der Waals surface area contributed by atoms with E-state index in [0.29, 0.717) is 10.5 Å². The van der Waals surface area contributed by atoms with Gasteiger partial charge in [0.1, 0.15) is 11.6 Å². The lowest BCUT2D eigenvalue weighted by Crippen LogP contribution is -2.62. The smallest absolute Gasteiger partial charge is 0.411 e. The molecular weight excluding hydrogens is 606 g/mol. The van der Waals surface area contributed by atoms with E-state index < -0.39 is 34.5 Å². The van der Waals surface area contributed by atoms with Gasteiger partial charge in [-0.25, -0.2) is 4.79 Å². The summed E-state index contributed by atoms with van der Waals surface area (Å²) in [5.41, 5.74) is 1.26. The lowest BCUT2D eigenvalue weighted by Gasteiger charge is -2.41. The minimum absolute atomic E-state index is 0.0440. The molecule has 1 aliphatic heterocycles. The number of rotatable bonds is 9. The predicted octanol–water partition coefficient (Wildman–Crippen LogP) is 6.04. The van der Waals surface area contributed by atoms with Gasteiger partial charge in [-0.1, -0.05) is 62.5 Å². The van der Waals surface area contributed by atoms with Crippen molar-refractivity contribution in [2.24, 2.45) is 0 Å². The SMILES string of the molecule is C=C(C(=O)N1CCN(C(=O)OC(C)(C)C)C(C(=O)NCc2cccnc2)C1)c1ccc(Sc2ccccc2C(C)C)c([N+](=O)[O-])c1. The van der Waals surface area contributed by atoms with E-state index in [1.54, 1.807) is 51.4 Å². The number of nitrogens with one attached hydrogen (secondary N) is 1. The first-order chi connectivity index (χ1) is 21.7. The maximum atomic E-state index is 13.7. The van der Waals surface area contributed by atoms with Crippen LogP contribution in [0.1, 0.15) is 57.2 Å². The van der Waals surface area contributed by atoms with E-state index in [2.05, 4.69) is 30.7 Å². The highest BCUT2D eigenvalue weighted by atomic mass is 32.2. The highest BCUT2D eigenvalue weighted by Crippen LogP contribution is 2.39. The summed E-state index contributed by atoms with van der Waals surface area (Å²) in [4.78, 5) is 60.0. The molecule has 4 rings (SSSR count). The summed E-state index contributed by atoms with van der Waals surface area (Å²) < 4.78 is 5.55. The van der Waals surface area contributed by atoms with E-state index in [0.717, 1.165) is 16.0 Å². The van der Waals surface area contributed by atoms with Crippen molar-refractivity contribution >= 4 is 40.9 Å². The molecule has 1 atom stereocenters. The van der Waals surface area contributed by atoms with Crippen LogP contribution in [0, 0.1) is 10.1 Å². The highest BCUT2D eigenvalue weighted by molar-refractivity contribution is 7.99. The minimum atomic E-state index is -1.04. The molecule has 2 heterocycles. The third kappa shape index (κ3) is 8.51. The van der Waals surface area contributed by atoms with Gasteiger partial charge in [0.05, 0.1) is 16.4 Å². The maximum Gasteiger partial charge on any atom is 0.411 e. The molecule has 12 heteroatoms. The molecule has 1 saturated heterocycles. The molecule has 3 aromatic rings. The van der Waals surface area contributed by atoms with Gasteiger partial charge in [0, 0.05) is 48.6 Å². The Morgan fingerprint density at radius 1 is 1.11 bits per heavy atom. The number of pyridine rings is 1. The number of hydrogen-bond acceptors (Lipinski definition) is 8. The maximum absolute atomic E-state index is 13.7. The van der Waals surface area contributed by atoms with Crippen molar-refractivity contribution in [3.05, 3.63) is 100 Å². The number of aromatic nitrogens is 1. The summed E-state index contributed by atoms with van der Waals surface area (Å²) >= 11 is 1.30. The van der Waals surface area contributed by atoms with Gasteiger partial charge in [0.25, 0.3) is 11.6 Å². The summed E-state index contributed by atoms with van der Waals surface area (Å²) in [6, 6.07) is 14.9. The first-order valence-electron chi connectivity index (χ1n) is 14.9. The topological polar surface area (TPSA) is 135 Å². The number of piperazine rings is 1. The van der Waals surface area contributed by atoms with Crippen molar-refractivity contribution in [2.75, 3.05) is 19.6 Å². The Hall–Kier alpha value is -4.71. The lowest BCUT2D eigenvalue weighted by molar-refractivity contribution is -0.387. The summed E-state index contributed by atoms with van der Waals surface area (Å²) in [5.74, 6) is -0.721. The fourth-order valence-electron chi connectivity index (χ4n) is 4.96. The number of nitrogens with zero attached hydrogens (tertiary/aromatic N) is 4. The summed E-state index contributed by atoms with van der Waals surface area (Å²) in [7, 11) is 0. The van der Waals surface area contributed by atoms with Gasteiger partial charge in [0.15, 0.2) is 0 Å². The molecular formula is C34H39N5O6S. The van der Waals surface area contributed by atoms with Gasteiger partial charge in [-0.15, -0.1) is 0 Å². The molecule has 1 fully saturated rings. The van der Waals surface area contributed by atoms with Gasteiger partial charge in [0.2, 0.25) is 5.91 Å². The van der Waals surface area contributed by atoms with Crippen LogP contribution in [0.3, 0.4) is 0 Å². The van der Waals surface area contributed by atoms with E-state index in [9.17, 15) is 24.5 Å². The lowest BCUT2D eigenvalue weighted by atomic mass is 10.0. The molecule has 0 saturated carbocycles. The Kier molecular flexibility index (Phi) is 10.8. The summed E-state index contributed by atoms with van der Waals surface area (Å²) in [6.45, 7) is 13.5.